The molecule has 0 aromatic carbocycles. The third-order valence-electron chi connectivity index (χ3n) is 7.30. The number of phosphoric ester groups is 1. The maximum absolute atomic E-state index is 12.2. The first kappa shape index (κ1) is 43.2. The Morgan fingerprint density at radius 1 is 0.689 bits per heavy atom. The predicted octanol–water partition coefficient (Wildman–Crippen LogP) is 7.38. The van der Waals surface area contributed by atoms with Gasteiger partial charge in [-0.2, -0.15) is 0 Å². The van der Waals surface area contributed by atoms with Crippen molar-refractivity contribution >= 4 is 25.7 Å². The molecule has 0 rings (SSSR count). The van der Waals surface area contributed by atoms with Gasteiger partial charge in [-0.1, -0.05) is 109 Å². The minimum Gasteiger partial charge on any atom is -0.480 e. The molecule has 0 aliphatic heterocycles. The highest BCUT2D eigenvalue weighted by atomic mass is 31.2. The van der Waals surface area contributed by atoms with E-state index in [9.17, 15) is 34.1 Å². The molecule has 0 bridgehead atoms. The number of carboxylic acid groups (broad SMARTS) is 1. The van der Waals surface area contributed by atoms with Crippen LogP contribution < -0.4 is 5.32 Å². The summed E-state index contributed by atoms with van der Waals surface area (Å²) >= 11 is 0. The maximum Gasteiger partial charge on any atom is 0.472 e. The van der Waals surface area contributed by atoms with E-state index < -0.39 is 57.6 Å². The Kier molecular flexibility index (Phi) is 28.4. The van der Waals surface area contributed by atoms with E-state index >= 15 is 0 Å². The summed E-state index contributed by atoms with van der Waals surface area (Å²) in [6.07, 6.45) is 24.0. The minimum atomic E-state index is -4.74. The molecule has 3 atom stereocenters. The van der Waals surface area contributed by atoms with E-state index in [4.69, 9.17) is 13.8 Å². The molecular formula is C33H62NO10P. The number of hydrogen-bond donors (Lipinski definition) is 4. The zero-order valence-electron chi connectivity index (χ0n) is 27.9. The highest BCUT2D eigenvalue weighted by Crippen LogP contribution is 2.43. The van der Waals surface area contributed by atoms with Crippen molar-refractivity contribution in [3.8, 4) is 0 Å². The number of unbranched alkanes of at least 4 members (excludes halogenated alkanes) is 16. The number of carboxylic acids is 1. The van der Waals surface area contributed by atoms with Crippen LogP contribution in [-0.4, -0.2) is 64.9 Å². The summed E-state index contributed by atoms with van der Waals surface area (Å²) in [6, 6.07) is -1.54. The van der Waals surface area contributed by atoms with Crippen LogP contribution in [0.4, 0.5) is 0 Å². The lowest BCUT2D eigenvalue weighted by atomic mass is 10.1. The van der Waals surface area contributed by atoms with Crippen LogP contribution in [0.3, 0.4) is 0 Å². The quantitative estimate of drug-likeness (QED) is 0.0247. The smallest absolute Gasteiger partial charge is 0.472 e. The molecule has 1 amide bonds. The van der Waals surface area contributed by atoms with Gasteiger partial charge in [0, 0.05) is 12.8 Å². The van der Waals surface area contributed by atoms with Crippen LogP contribution in [0.2, 0.25) is 0 Å². The summed E-state index contributed by atoms with van der Waals surface area (Å²) < 4.78 is 26.6. The highest BCUT2D eigenvalue weighted by molar-refractivity contribution is 7.47. The molecule has 4 N–H and O–H groups in total. The zero-order chi connectivity index (χ0) is 33.6. The Balaban J connectivity index is 4.04. The Morgan fingerprint density at radius 3 is 1.73 bits per heavy atom. The summed E-state index contributed by atoms with van der Waals surface area (Å²) in [5.41, 5.74) is 0. The van der Waals surface area contributed by atoms with Crippen LogP contribution in [-0.2, 0) is 32.7 Å². The van der Waals surface area contributed by atoms with E-state index in [2.05, 4.69) is 31.3 Å². The molecule has 0 fully saturated rings. The number of phosphoric acid groups is 1. The average molecular weight is 664 g/mol. The predicted molar refractivity (Wildman–Crippen MR) is 176 cm³/mol. The first-order valence-corrected chi connectivity index (χ1v) is 18.7. The number of aliphatic hydroxyl groups is 1. The van der Waals surface area contributed by atoms with Crippen LogP contribution >= 0.6 is 7.82 Å². The second-order valence-electron chi connectivity index (χ2n) is 11.7. The number of allylic oxidation sites excluding steroid dienone is 2. The topological polar surface area (TPSA) is 169 Å². The lowest BCUT2D eigenvalue weighted by molar-refractivity contribution is -0.147. The Labute approximate surface area is 271 Å². The Morgan fingerprint density at radius 2 is 1.16 bits per heavy atom. The van der Waals surface area contributed by atoms with Gasteiger partial charge in [-0.05, 0) is 38.5 Å². The van der Waals surface area contributed by atoms with Crippen LogP contribution in [0.15, 0.2) is 12.2 Å². The van der Waals surface area contributed by atoms with Crippen LogP contribution in [0.1, 0.15) is 149 Å². The molecule has 0 saturated carbocycles. The summed E-state index contributed by atoms with van der Waals surface area (Å²) in [4.78, 5) is 45.4. The largest absolute Gasteiger partial charge is 0.480 e. The molecule has 0 saturated heterocycles. The molecule has 0 aliphatic carbocycles. The third kappa shape index (κ3) is 29.4. The lowest BCUT2D eigenvalue weighted by Crippen LogP contribution is -2.43. The van der Waals surface area contributed by atoms with Crippen molar-refractivity contribution in [2.24, 2.45) is 0 Å². The van der Waals surface area contributed by atoms with Gasteiger partial charge in [-0.25, -0.2) is 9.36 Å². The molecule has 3 unspecified atom stereocenters. The number of hydrogen-bond acceptors (Lipinski definition) is 8. The normalized spacial score (nSPS) is 14.2. The molecule has 0 spiro atoms. The molecule has 0 heterocycles. The molecule has 11 nitrogen and oxygen atoms in total. The number of rotatable bonds is 32. The Bertz CT molecular complexity index is 838. The number of nitrogens with one attached hydrogen (secondary N) is 1. The monoisotopic (exact) mass is 663 g/mol. The second kappa shape index (κ2) is 29.6. The summed E-state index contributed by atoms with van der Waals surface area (Å²) in [6.45, 7) is 2.49. The molecule has 12 heteroatoms. The SMILES string of the molecule is CCCCC/C=C\CCCCCCCC(=O)NC(COP(=O)(O)OCC(O)COC(=O)CCCCCCCCCCC)C(=O)O. The second-order valence-corrected chi connectivity index (χ2v) is 13.2. The van der Waals surface area contributed by atoms with Crippen molar-refractivity contribution in [1.82, 2.24) is 5.32 Å². The lowest BCUT2D eigenvalue weighted by Gasteiger charge is -2.18. The number of aliphatic carboxylic acids is 1. The van der Waals surface area contributed by atoms with Gasteiger partial charge in [0.2, 0.25) is 5.91 Å². The summed E-state index contributed by atoms with van der Waals surface area (Å²) in [5.74, 6) is -2.39. The van der Waals surface area contributed by atoms with Crippen LogP contribution in [0.25, 0.3) is 0 Å². The molecule has 0 radical (unpaired) electrons. The van der Waals surface area contributed by atoms with Gasteiger partial charge in [-0.15, -0.1) is 0 Å². The zero-order valence-corrected chi connectivity index (χ0v) is 28.8. The fraction of sp³-hybridized carbons (Fsp3) is 0.848. The summed E-state index contributed by atoms with van der Waals surface area (Å²) in [7, 11) is -4.74. The molecule has 264 valence electrons. The molecule has 45 heavy (non-hydrogen) atoms. The van der Waals surface area contributed by atoms with Gasteiger partial charge in [0.05, 0.1) is 13.2 Å². The number of carbonyl (C=O) groups excluding carboxylic acids is 2. The number of amides is 1. The standard InChI is InChI=1S/C33H62NO10P/c1-3-5-7-9-11-13-14-15-17-18-20-22-24-31(36)34-30(33(38)39)28-44-45(40,41)43-27-29(35)26-42-32(37)25-23-21-19-16-12-10-8-6-4-2/h11,13,29-30,35H,3-10,12,14-28H2,1-2H3,(H,34,36)(H,38,39)(H,40,41)/b13-11-. The third-order valence-corrected chi connectivity index (χ3v) is 8.26. The van der Waals surface area contributed by atoms with E-state index in [0.717, 1.165) is 57.8 Å². The summed E-state index contributed by atoms with van der Waals surface area (Å²) in [5, 5.41) is 21.6. The first-order valence-electron chi connectivity index (χ1n) is 17.2. The van der Waals surface area contributed by atoms with Crippen LogP contribution in [0.5, 0.6) is 0 Å². The van der Waals surface area contributed by atoms with Gasteiger partial charge in [0.15, 0.2) is 6.04 Å². The van der Waals surface area contributed by atoms with Crippen molar-refractivity contribution in [2.45, 2.75) is 161 Å². The number of esters is 1. The first-order chi connectivity index (χ1) is 21.6. The van der Waals surface area contributed by atoms with Gasteiger partial charge in [0.25, 0.3) is 0 Å². The van der Waals surface area contributed by atoms with E-state index in [1.165, 1.54) is 51.4 Å². The average Bonchev–Trinajstić information content (AvgIpc) is 3.00. The van der Waals surface area contributed by atoms with Crippen LogP contribution in [0, 0.1) is 0 Å². The van der Waals surface area contributed by atoms with Gasteiger partial charge in [-0.3, -0.25) is 18.6 Å². The molecule has 0 aromatic rings. The van der Waals surface area contributed by atoms with Gasteiger partial charge < -0.3 is 25.2 Å². The fourth-order valence-electron chi connectivity index (χ4n) is 4.54. The Hall–Kier alpha value is -1.78. The van der Waals surface area contributed by atoms with Gasteiger partial charge in [0.1, 0.15) is 12.7 Å². The fourth-order valence-corrected chi connectivity index (χ4v) is 5.32. The molecule has 0 aromatic heterocycles. The minimum absolute atomic E-state index is 0.137. The van der Waals surface area contributed by atoms with E-state index in [1.807, 2.05) is 0 Å². The number of carbonyl (C=O) groups is 3. The van der Waals surface area contributed by atoms with Gasteiger partial charge >= 0.3 is 19.8 Å². The highest BCUT2D eigenvalue weighted by Gasteiger charge is 2.28. The van der Waals surface area contributed by atoms with Crippen molar-refractivity contribution < 1.29 is 47.8 Å². The van der Waals surface area contributed by atoms with Crippen molar-refractivity contribution in [3.63, 3.8) is 0 Å². The van der Waals surface area contributed by atoms with Crippen molar-refractivity contribution in [1.29, 1.82) is 0 Å². The van der Waals surface area contributed by atoms with E-state index in [-0.39, 0.29) is 12.8 Å². The van der Waals surface area contributed by atoms with Crippen molar-refractivity contribution in [2.75, 3.05) is 19.8 Å². The van der Waals surface area contributed by atoms with E-state index in [1.54, 1.807) is 0 Å². The number of ether oxygens (including phenoxy) is 1. The number of aliphatic hydroxyl groups excluding tert-OH is 1. The van der Waals surface area contributed by atoms with E-state index in [0.29, 0.717) is 12.8 Å². The van der Waals surface area contributed by atoms with Crippen molar-refractivity contribution in [3.05, 3.63) is 12.2 Å². The maximum atomic E-state index is 12.2. The molecule has 0 aliphatic rings. The molecular weight excluding hydrogens is 601 g/mol.